The minimum Gasteiger partial charge on any atom is -0.496 e. The first-order valence-corrected chi connectivity index (χ1v) is 7.96. The first-order valence-electron chi connectivity index (χ1n) is 6.64. The number of nitrogens with zero attached hydrogens (tertiary/aromatic N) is 1. The van der Waals surface area contributed by atoms with E-state index in [4.69, 9.17) is 4.74 Å². The van der Waals surface area contributed by atoms with Gasteiger partial charge in [-0.15, -0.1) is 0 Å². The molecule has 1 atom stereocenters. The highest BCUT2D eigenvalue weighted by Gasteiger charge is 2.28. The van der Waals surface area contributed by atoms with Crippen molar-refractivity contribution in [1.82, 2.24) is 0 Å². The molecule has 3 rings (SSSR count). The Balaban J connectivity index is 2.03. The molecular weight excluding hydrogens is 286 g/mol. The minimum atomic E-state index is -1.04. The van der Waals surface area contributed by atoms with Crippen LogP contribution in [0.5, 0.6) is 5.75 Å². The van der Waals surface area contributed by atoms with Gasteiger partial charge in [0.2, 0.25) is 0 Å². The summed E-state index contributed by atoms with van der Waals surface area (Å²) in [6, 6.07) is 14.5. The number of hydrogen-bond acceptors (Lipinski definition) is 3. The molecule has 0 saturated heterocycles. The second kappa shape index (κ2) is 5.69. The lowest BCUT2D eigenvalue weighted by atomic mass is 10.1. The van der Waals surface area contributed by atoms with E-state index in [2.05, 4.69) is 0 Å². The van der Waals surface area contributed by atoms with Crippen LogP contribution in [0.25, 0.3) is 0 Å². The van der Waals surface area contributed by atoms with Crippen molar-refractivity contribution in [2.45, 2.75) is 4.90 Å². The Morgan fingerprint density at radius 2 is 1.86 bits per heavy atom. The lowest BCUT2D eigenvalue weighted by Gasteiger charge is -2.29. The van der Waals surface area contributed by atoms with Crippen LogP contribution >= 0.6 is 0 Å². The molecule has 0 aliphatic carbocycles. The zero-order chi connectivity index (χ0) is 14.8. The Morgan fingerprint density at radius 3 is 2.67 bits per heavy atom. The Hall–Kier alpha value is -2.14. The number of fused-ring (bicyclic) bond motifs is 1. The molecule has 0 fully saturated rings. The predicted molar refractivity (Wildman–Crippen MR) is 82.4 cm³/mol. The molecule has 0 bridgehead atoms. The molecule has 0 saturated carbocycles. The summed E-state index contributed by atoms with van der Waals surface area (Å²) in [6.07, 6.45) is 0. The molecule has 1 amide bonds. The normalized spacial score (nSPS) is 17.2. The average Bonchev–Trinajstić information content (AvgIpc) is 2.55. The molecule has 0 radical (unpaired) electrons. The summed E-state index contributed by atoms with van der Waals surface area (Å²) in [7, 11) is 0.506. The van der Waals surface area contributed by atoms with Gasteiger partial charge in [0, 0.05) is 12.3 Å². The fourth-order valence-electron chi connectivity index (χ4n) is 2.45. The third-order valence-corrected chi connectivity index (χ3v) is 4.87. The number of methoxy groups -OCH3 is 1. The molecule has 1 aliphatic heterocycles. The van der Waals surface area contributed by atoms with Crippen LogP contribution in [0, 0.1) is 0 Å². The SMILES string of the molecule is COc1ccccc1C(=O)N1CCS(=O)c2ccccc21. The molecule has 1 aliphatic rings. The predicted octanol–water partition coefficient (Wildman–Crippen LogP) is 2.46. The van der Waals surface area contributed by atoms with Crippen molar-refractivity contribution in [1.29, 1.82) is 0 Å². The molecule has 108 valence electrons. The summed E-state index contributed by atoms with van der Waals surface area (Å²) >= 11 is 0. The maximum atomic E-state index is 12.8. The molecule has 4 nitrogen and oxygen atoms in total. The van der Waals surface area contributed by atoms with Crippen LogP contribution in [0.3, 0.4) is 0 Å². The third-order valence-electron chi connectivity index (χ3n) is 3.48. The van der Waals surface area contributed by atoms with Gasteiger partial charge in [-0.2, -0.15) is 0 Å². The Bertz CT molecular complexity index is 714. The van der Waals surface area contributed by atoms with Gasteiger partial charge >= 0.3 is 0 Å². The van der Waals surface area contributed by atoms with Crippen molar-refractivity contribution >= 4 is 22.4 Å². The Labute approximate surface area is 125 Å². The monoisotopic (exact) mass is 301 g/mol. The highest BCUT2D eigenvalue weighted by atomic mass is 32.2. The Kier molecular flexibility index (Phi) is 3.75. The molecule has 0 aromatic heterocycles. The topological polar surface area (TPSA) is 46.6 Å². The van der Waals surface area contributed by atoms with Crippen molar-refractivity contribution in [3.63, 3.8) is 0 Å². The van der Waals surface area contributed by atoms with E-state index in [9.17, 15) is 9.00 Å². The number of hydrogen-bond donors (Lipinski definition) is 0. The lowest BCUT2D eigenvalue weighted by Crippen LogP contribution is -2.38. The maximum absolute atomic E-state index is 12.8. The van der Waals surface area contributed by atoms with Gasteiger partial charge in [0.1, 0.15) is 5.75 Å². The molecule has 21 heavy (non-hydrogen) atoms. The summed E-state index contributed by atoms with van der Waals surface area (Å²) < 4.78 is 17.3. The zero-order valence-electron chi connectivity index (χ0n) is 11.6. The number of anilines is 1. The summed E-state index contributed by atoms with van der Waals surface area (Å²) in [5, 5.41) is 0. The van der Waals surface area contributed by atoms with E-state index in [1.165, 1.54) is 0 Å². The number of rotatable bonds is 2. The van der Waals surface area contributed by atoms with Crippen LogP contribution in [0.4, 0.5) is 5.69 Å². The van der Waals surface area contributed by atoms with Crippen molar-refractivity contribution in [3.8, 4) is 5.75 Å². The second-order valence-electron chi connectivity index (χ2n) is 4.67. The first kappa shape index (κ1) is 13.8. The lowest BCUT2D eigenvalue weighted by molar-refractivity contribution is 0.0984. The summed E-state index contributed by atoms with van der Waals surface area (Å²) in [5.41, 5.74) is 1.24. The van der Waals surface area contributed by atoms with Crippen LogP contribution in [-0.2, 0) is 10.8 Å². The standard InChI is InChI=1S/C16H15NO3S/c1-20-14-8-4-2-6-12(14)16(18)17-10-11-21(19)15-9-5-3-7-13(15)17/h2-9H,10-11H2,1H3. The van der Waals surface area contributed by atoms with Crippen LogP contribution in [-0.4, -0.2) is 29.5 Å². The number of carbonyl (C=O) groups excluding carboxylic acids is 1. The summed E-state index contributed by atoms with van der Waals surface area (Å²) in [5.74, 6) is 0.876. The number of ether oxygens (including phenoxy) is 1. The van der Waals surface area contributed by atoms with E-state index in [0.29, 0.717) is 28.5 Å². The summed E-state index contributed by atoms with van der Waals surface area (Å²) in [6.45, 7) is 0.445. The van der Waals surface area contributed by atoms with Crippen molar-refractivity contribution in [3.05, 3.63) is 54.1 Å². The van der Waals surface area contributed by atoms with Crippen molar-refractivity contribution in [2.24, 2.45) is 0 Å². The van der Waals surface area contributed by atoms with Crippen LogP contribution in [0.2, 0.25) is 0 Å². The van der Waals surface area contributed by atoms with E-state index in [0.717, 1.165) is 5.69 Å². The zero-order valence-corrected chi connectivity index (χ0v) is 12.4. The molecule has 5 heteroatoms. The molecule has 1 heterocycles. The number of amides is 1. The van der Waals surface area contributed by atoms with Gasteiger partial charge < -0.3 is 9.64 Å². The van der Waals surface area contributed by atoms with Crippen molar-refractivity contribution in [2.75, 3.05) is 24.3 Å². The number of carbonyl (C=O) groups is 1. The quantitative estimate of drug-likeness (QED) is 0.856. The molecule has 0 N–H and O–H groups in total. The highest BCUT2D eigenvalue weighted by Crippen LogP contribution is 2.30. The van der Waals surface area contributed by atoms with Crippen LogP contribution in [0.1, 0.15) is 10.4 Å². The maximum Gasteiger partial charge on any atom is 0.262 e. The van der Waals surface area contributed by atoms with Gasteiger partial charge in [0.15, 0.2) is 0 Å². The van der Waals surface area contributed by atoms with E-state index in [-0.39, 0.29) is 5.91 Å². The van der Waals surface area contributed by atoms with Gasteiger partial charge in [-0.25, -0.2) is 0 Å². The van der Waals surface area contributed by atoms with Crippen LogP contribution in [0.15, 0.2) is 53.4 Å². The fourth-order valence-corrected chi connectivity index (χ4v) is 3.67. The van der Waals surface area contributed by atoms with Gasteiger partial charge in [-0.1, -0.05) is 24.3 Å². The van der Waals surface area contributed by atoms with E-state index < -0.39 is 10.8 Å². The van der Waals surface area contributed by atoms with E-state index in [1.807, 2.05) is 36.4 Å². The largest absolute Gasteiger partial charge is 0.496 e. The fraction of sp³-hybridized carbons (Fsp3) is 0.188. The van der Waals surface area contributed by atoms with Gasteiger partial charge in [-0.05, 0) is 24.3 Å². The van der Waals surface area contributed by atoms with Crippen molar-refractivity contribution < 1.29 is 13.7 Å². The number of benzene rings is 2. The molecule has 2 aromatic carbocycles. The molecular formula is C16H15NO3S. The van der Waals surface area contributed by atoms with E-state index in [1.54, 1.807) is 24.1 Å². The Morgan fingerprint density at radius 1 is 1.14 bits per heavy atom. The average molecular weight is 301 g/mol. The van der Waals surface area contributed by atoms with Crippen LogP contribution < -0.4 is 9.64 Å². The molecule has 2 aromatic rings. The summed E-state index contributed by atoms with van der Waals surface area (Å²) in [4.78, 5) is 15.2. The van der Waals surface area contributed by atoms with Gasteiger partial charge in [0.25, 0.3) is 5.91 Å². The highest BCUT2D eigenvalue weighted by molar-refractivity contribution is 7.85. The first-order chi connectivity index (χ1) is 10.2. The minimum absolute atomic E-state index is 0.128. The van der Waals surface area contributed by atoms with E-state index >= 15 is 0 Å². The third kappa shape index (κ3) is 2.45. The second-order valence-corrected chi connectivity index (χ2v) is 6.21. The molecule has 0 spiro atoms. The smallest absolute Gasteiger partial charge is 0.262 e. The molecule has 1 unspecified atom stereocenters. The number of para-hydroxylation sites is 2. The van der Waals surface area contributed by atoms with Gasteiger partial charge in [-0.3, -0.25) is 9.00 Å². The van der Waals surface area contributed by atoms with Gasteiger partial charge in [0.05, 0.1) is 34.1 Å².